The molecule has 15 heavy (non-hydrogen) atoms. The van der Waals surface area contributed by atoms with Gasteiger partial charge in [-0.3, -0.25) is 0 Å². The minimum absolute atomic E-state index is 0.631. The average molecular weight is 209 g/mol. The Bertz CT molecular complexity index is 239. The summed E-state index contributed by atoms with van der Waals surface area (Å²) in [7, 11) is 0. The highest BCUT2D eigenvalue weighted by Crippen LogP contribution is 2.22. The summed E-state index contributed by atoms with van der Waals surface area (Å²) in [6.07, 6.45) is 4.44. The van der Waals surface area contributed by atoms with Gasteiger partial charge in [0, 0.05) is 31.5 Å². The fraction of sp³-hybridized carbons (Fsp3) is 0.692. The second kappa shape index (κ2) is 5.96. The van der Waals surface area contributed by atoms with Gasteiger partial charge in [-0.15, -0.1) is 0 Å². The fourth-order valence-corrected chi connectivity index (χ4v) is 2.28. The van der Waals surface area contributed by atoms with Crippen LogP contribution in [0.4, 0.5) is 0 Å². The van der Waals surface area contributed by atoms with Crippen molar-refractivity contribution in [3.63, 3.8) is 0 Å². The van der Waals surface area contributed by atoms with Gasteiger partial charge in [-0.05, 0) is 39.2 Å². The van der Waals surface area contributed by atoms with E-state index in [0.717, 1.165) is 38.2 Å². The fourth-order valence-electron chi connectivity index (χ4n) is 2.28. The van der Waals surface area contributed by atoms with Crippen molar-refractivity contribution < 1.29 is 4.74 Å². The van der Waals surface area contributed by atoms with E-state index in [1.54, 1.807) is 0 Å². The van der Waals surface area contributed by atoms with Gasteiger partial charge >= 0.3 is 0 Å². The molecule has 0 atom stereocenters. The zero-order valence-electron chi connectivity index (χ0n) is 10.3. The molecule has 1 aliphatic heterocycles. The van der Waals surface area contributed by atoms with E-state index in [9.17, 15) is 0 Å². The molecule has 0 amide bonds. The number of hydrogen-bond donors (Lipinski definition) is 0. The third-order valence-corrected chi connectivity index (χ3v) is 2.99. The normalized spacial score (nSPS) is 19.0. The molecule has 2 nitrogen and oxygen atoms in total. The predicted molar refractivity (Wildman–Crippen MR) is 64.8 cm³/mol. The zero-order valence-corrected chi connectivity index (χ0v) is 10.3. The second-order valence-electron chi connectivity index (χ2n) is 4.08. The number of nitrogens with zero attached hydrogens (tertiary/aromatic N) is 1. The van der Waals surface area contributed by atoms with Crippen LogP contribution in [0, 0.1) is 0 Å². The molecule has 0 aromatic rings. The third-order valence-electron chi connectivity index (χ3n) is 2.99. The van der Waals surface area contributed by atoms with E-state index in [-0.39, 0.29) is 0 Å². The smallest absolute Gasteiger partial charge is 0.0485 e. The standard InChI is InChI=1S/C13H23NO/c1-5-13(11(3)4)14(6-2)12-7-9-15-10-8-12/h5,12H,3,6-10H2,1-2,4H3/b13-5+. The maximum absolute atomic E-state index is 5.40. The summed E-state index contributed by atoms with van der Waals surface area (Å²) in [5, 5.41) is 0. The molecule has 0 bridgehead atoms. The number of allylic oxidation sites excluding steroid dienone is 2. The summed E-state index contributed by atoms with van der Waals surface area (Å²) in [5.41, 5.74) is 2.45. The van der Waals surface area contributed by atoms with Crippen LogP contribution in [0.2, 0.25) is 0 Å². The average Bonchev–Trinajstić information content (AvgIpc) is 2.26. The molecule has 1 rings (SSSR count). The Kier molecular flexibility index (Phi) is 4.89. The maximum Gasteiger partial charge on any atom is 0.0485 e. The van der Waals surface area contributed by atoms with E-state index in [4.69, 9.17) is 4.74 Å². The van der Waals surface area contributed by atoms with Crippen LogP contribution in [0.3, 0.4) is 0 Å². The van der Waals surface area contributed by atoms with Crippen molar-refractivity contribution in [1.82, 2.24) is 4.90 Å². The van der Waals surface area contributed by atoms with E-state index in [1.165, 1.54) is 5.70 Å². The lowest BCUT2D eigenvalue weighted by Crippen LogP contribution is -2.38. The van der Waals surface area contributed by atoms with Gasteiger partial charge in [0.2, 0.25) is 0 Å². The van der Waals surface area contributed by atoms with Crippen molar-refractivity contribution >= 4 is 0 Å². The van der Waals surface area contributed by atoms with Gasteiger partial charge in [0.1, 0.15) is 0 Å². The minimum Gasteiger partial charge on any atom is -0.381 e. The Hall–Kier alpha value is -0.760. The first-order valence-corrected chi connectivity index (χ1v) is 5.87. The number of ether oxygens (including phenoxy) is 1. The molecule has 0 N–H and O–H groups in total. The largest absolute Gasteiger partial charge is 0.381 e. The Morgan fingerprint density at radius 2 is 2.07 bits per heavy atom. The zero-order chi connectivity index (χ0) is 11.3. The third kappa shape index (κ3) is 3.10. The van der Waals surface area contributed by atoms with Crippen molar-refractivity contribution in [2.75, 3.05) is 19.8 Å². The highest BCUT2D eigenvalue weighted by molar-refractivity contribution is 5.25. The molecular formula is C13H23NO. The lowest BCUT2D eigenvalue weighted by atomic mass is 10.0. The second-order valence-corrected chi connectivity index (χ2v) is 4.08. The quantitative estimate of drug-likeness (QED) is 0.660. The summed E-state index contributed by atoms with van der Waals surface area (Å²) >= 11 is 0. The summed E-state index contributed by atoms with van der Waals surface area (Å²) in [5.74, 6) is 0. The number of rotatable bonds is 4. The SMILES string of the molecule is C=C(C)/C(=C\C)N(CC)C1CCOCC1. The summed E-state index contributed by atoms with van der Waals surface area (Å²) < 4.78 is 5.40. The Balaban J connectivity index is 2.72. The molecule has 1 saturated heterocycles. The predicted octanol–water partition coefficient (Wildman–Crippen LogP) is 2.97. The summed E-state index contributed by atoms with van der Waals surface area (Å²) in [4.78, 5) is 2.46. The van der Waals surface area contributed by atoms with Crippen molar-refractivity contribution in [1.29, 1.82) is 0 Å². The number of likely N-dealkylation sites (N-methyl/N-ethyl adjacent to an activating group) is 1. The Morgan fingerprint density at radius 1 is 1.47 bits per heavy atom. The molecule has 0 radical (unpaired) electrons. The van der Waals surface area contributed by atoms with Crippen LogP contribution in [0.1, 0.15) is 33.6 Å². The summed E-state index contributed by atoms with van der Waals surface area (Å²) in [6.45, 7) is 13.3. The molecule has 2 heteroatoms. The van der Waals surface area contributed by atoms with Crippen LogP contribution in [-0.2, 0) is 4.74 Å². The molecule has 0 spiro atoms. The summed E-state index contributed by atoms with van der Waals surface area (Å²) in [6, 6.07) is 0.631. The molecule has 1 fully saturated rings. The van der Waals surface area contributed by atoms with Gasteiger partial charge in [0.15, 0.2) is 0 Å². The first-order valence-electron chi connectivity index (χ1n) is 5.87. The number of hydrogen-bond acceptors (Lipinski definition) is 2. The molecule has 1 aliphatic rings. The molecule has 0 aliphatic carbocycles. The van der Waals surface area contributed by atoms with Crippen LogP contribution in [0.25, 0.3) is 0 Å². The van der Waals surface area contributed by atoms with Gasteiger partial charge in [-0.25, -0.2) is 0 Å². The monoisotopic (exact) mass is 209 g/mol. The van der Waals surface area contributed by atoms with Crippen LogP contribution in [-0.4, -0.2) is 30.7 Å². The van der Waals surface area contributed by atoms with Crippen molar-refractivity contribution in [3.8, 4) is 0 Å². The van der Waals surface area contributed by atoms with Crippen molar-refractivity contribution in [3.05, 3.63) is 23.9 Å². The van der Waals surface area contributed by atoms with Crippen molar-refractivity contribution in [2.24, 2.45) is 0 Å². The van der Waals surface area contributed by atoms with Gasteiger partial charge < -0.3 is 9.64 Å². The minimum atomic E-state index is 0.631. The van der Waals surface area contributed by atoms with Crippen molar-refractivity contribution in [2.45, 2.75) is 39.7 Å². The molecular weight excluding hydrogens is 186 g/mol. The van der Waals surface area contributed by atoms with Gasteiger partial charge in [-0.2, -0.15) is 0 Å². The lowest BCUT2D eigenvalue weighted by Gasteiger charge is -2.37. The first-order chi connectivity index (χ1) is 7.20. The topological polar surface area (TPSA) is 12.5 Å². The van der Waals surface area contributed by atoms with Crippen LogP contribution in [0.5, 0.6) is 0 Å². The van der Waals surface area contributed by atoms with Gasteiger partial charge in [-0.1, -0.05) is 12.7 Å². The van der Waals surface area contributed by atoms with E-state index in [1.807, 2.05) is 0 Å². The highest BCUT2D eigenvalue weighted by Gasteiger charge is 2.21. The molecule has 0 aromatic carbocycles. The van der Waals surface area contributed by atoms with Gasteiger partial charge in [0.05, 0.1) is 0 Å². The van der Waals surface area contributed by atoms with E-state index in [0.29, 0.717) is 6.04 Å². The molecule has 0 saturated carbocycles. The first kappa shape index (κ1) is 12.3. The maximum atomic E-state index is 5.40. The molecule has 1 heterocycles. The molecule has 0 unspecified atom stereocenters. The van der Waals surface area contributed by atoms with Crippen LogP contribution >= 0.6 is 0 Å². The van der Waals surface area contributed by atoms with Crippen LogP contribution < -0.4 is 0 Å². The van der Waals surface area contributed by atoms with Gasteiger partial charge in [0.25, 0.3) is 0 Å². The van der Waals surface area contributed by atoms with E-state index >= 15 is 0 Å². The Labute approximate surface area is 93.6 Å². The highest BCUT2D eigenvalue weighted by atomic mass is 16.5. The van der Waals surface area contributed by atoms with E-state index in [2.05, 4.69) is 38.3 Å². The Morgan fingerprint density at radius 3 is 2.47 bits per heavy atom. The lowest BCUT2D eigenvalue weighted by molar-refractivity contribution is 0.0478. The van der Waals surface area contributed by atoms with E-state index < -0.39 is 0 Å². The molecule has 86 valence electrons. The molecule has 0 aromatic heterocycles. The van der Waals surface area contributed by atoms with Crippen LogP contribution in [0.15, 0.2) is 23.9 Å².